The first-order valence-electron chi connectivity index (χ1n) is 8.28. The Morgan fingerprint density at radius 2 is 1.25 bits per heavy atom. The second-order valence-electron chi connectivity index (χ2n) is 6.44. The molecule has 0 saturated heterocycles. The fourth-order valence-electron chi connectivity index (χ4n) is 3.15. The zero-order valence-corrected chi connectivity index (χ0v) is 14.2. The summed E-state index contributed by atoms with van der Waals surface area (Å²) < 4.78 is 0. The lowest BCUT2D eigenvalue weighted by Gasteiger charge is -2.33. The van der Waals surface area contributed by atoms with Crippen LogP contribution in [0.3, 0.4) is 0 Å². The standard InChI is InChI=1S/C23H26O/c1-4-15-23(18-24,16-19(2)21-11-7-5-8-12-21)17-20(3)22-13-9-6-10-14-22/h4-14,24H,1-3,15-18H2. The van der Waals surface area contributed by atoms with Crippen LogP contribution in [0.4, 0.5) is 0 Å². The van der Waals surface area contributed by atoms with Crippen LogP contribution in [-0.4, -0.2) is 11.7 Å². The van der Waals surface area contributed by atoms with Gasteiger partial charge in [0.15, 0.2) is 0 Å². The monoisotopic (exact) mass is 318 g/mol. The molecule has 0 unspecified atom stereocenters. The highest BCUT2D eigenvalue weighted by molar-refractivity contribution is 5.67. The van der Waals surface area contributed by atoms with Gasteiger partial charge in [-0.25, -0.2) is 0 Å². The van der Waals surface area contributed by atoms with Gasteiger partial charge in [0, 0.05) is 12.0 Å². The molecule has 0 heterocycles. The quantitative estimate of drug-likeness (QED) is 0.584. The number of allylic oxidation sites excluding steroid dienone is 3. The molecule has 24 heavy (non-hydrogen) atoms. The molecule has 2 rings (SSSR count). The first-order chi connectivity index (χ1) is 11.6. The van der Waals surface area contributed by atoms with Crippen LogP contribution in [0.15, 0.2) is 86.5 Å². The molecule has 0 aliphatic heterocycles. The van der Waals surface area contributed by atoms with Crippen LogP contribution < -0.4 is 0 Å². The normalized spacial score (nSPS) is 11.0. The van der Waals surface area contributed by atoms with Gasteiger partial charge in [0.1, 0.15) is 0 Å². The van der Waals surface area contributed by atoms with Gasteiger partial charge in [-0.3, -0.25) is 0 Å². The fraction of sp³-hybridized carbons (Fsp3) is 0.217. The predicted octanol–water partition coefficient (Wildman–Crippen LogP) is 5.75. The Morgan fingerprint density at radius 1 is 0.833 bits per heavy atom. The summed E-state index contributed by atoms with van der Waals surface area (Å²) in [6.45, 7) is 12.5. The molecule has 0 atom stereocenters. The number of aliphatic hydroxyl groups is 1. The van der Waals surface area contributed by atoms with E-state index in [9.17, 15) is 5.11 Å². The summed E-state index contributed by atoms with van der Waals surface area (Å²) in [6, 6.07) is 20.3. The van der Waals surface area contributed by atoms with Crippen molar-refractivity contribution in [2.45, 2.75) is 19.3 Å². The molecule has 0 saturated carbocycles. The van der Waals surface area contributed by atoms with E-state index in [0.29, 0.717) is 12.8 Å². The zero-order valence-electron chi connectivity index (χ0n) is 14.2. The molecule has 0 aliphatic carbocycles. The summed E-state index contributed by atoms with van der Waals surface area (Å²) in [5, 5.41) is 10.2. The van der Waals surface area contributed by atoms with Gasteiger partial charge < -0.3 is 5.11 Å². The first-order valence-corrected chi connectivity index (χ1v) is 8.28. The molecule has 0 aromatic heterocycles. The largest absolute Gasteiger partial charge is 0.396 e. The number of aliphatic hydroxyl groups excluding tert-OH is 1. The maximum Gasteiger partial charge on any atom is 0.0496 e. The van der Waals surface area contributed by atoms with Crippen molar-refractivity contribution in [2.75, 3.05) is 6.61 Å². The topological polar surface area (TPSA) is 20.2 Å². The van der Waals surface area contributed by atoms with E-state index in [4.69, 9.17) is 0 Å². The third kappa shape index (κ3) is 4.56. The van der Waals surface area contributed by atoms with Crippen LogP contribution in [0.25, 0.3) is 11.1 Å². The number of hydrogen-bond donors (Lipinski definition) is 1. The summed E-state index contributed by atoms with van der Waals surface area (Å²) in [5.74, 6) is 0. The number of benzene rings is 2. The predicted molar refractivity (Wildman–Crippen MR) is 105 cm³/mol. The van der Waals surface area contributed by atoms with E-state index in [1.165, 1.54) is 0 Å². The molecule has 1 N–H and O–H groups in total. The van der Waals surface area contributed by atoms with Crippen molar-refractivity contribution in [3.63, 3.8) is 0 Å². The Kier molecular flexibility index (Phi) is 6.34. The minimum absolute atomic E-state index is 0.0801. The van der Waals surface area contributed by atoms with Gasteiger partial charge in [-0.1, -0.05) is 79.9 Å². The third-order valence-electron chi connectivity index (χ3n) is 4.45. The smallest absolute Gasteiger partial charge is 0.0496 e. The van der Waals surface area contributed by atoms with E-state index in [-0.39, 0.29) is 12.0 Å². The highest BCUT2D eigenvalue weighted by Gasteiger charge is 2.30. The van der Waals surface area contributed by atoms with Crippen molar-refractivity contribution in [2.24, 2.45) is 5.41 Å². The van der Waals surface area contributed by atoms with E-state index < -0.39 is 0 Å². The van der Waals surface area contributed by atoms with Crippen LogP contribution in [0.5, 0.6) is 0 Å². The van der Waals surface area contributed by atoms with E-state index in [2.05, 4.69) is 44.0 Å². The summed E-state index contributed by atoms with van der Waals surface area (Å²) >= 11 is 0. The Balaban J connectivity index is 2.21. The second-order valence-corrected chi connectivity index (χ2v) is 6.44. The van der Waals surface area contributed by atoms with Crippen molar-refractivity contribution >= 4 is 11.1 Å². The highest BCUT2D eigenvalue weighted by atomic mass is 16.3. The van der Waals surface area contributed by atoms with Gasteiger partial charge in [-0.05, 0) is 41.5 Å². The van der Waals surface area contributed by atoms with Gasteiger partial charge in [-0.15, -0.1) is 6.58 Å². The van der Waals surface area contributed by atoms with Gasteiger partial charge in [0.05, 0.1) is 0 Å². The van der Waals surface area contributed by atoms with E-state index in [1.54, 1.807) is 0 Å². The Labute approximate surface area is 145 Å². The van der Waals surface area contributed by atoms with E-state index in [1.807, 2.05) is 42.5 Å². The molecule has 2 aromatic rings. The average Bonchev–Trinajstić information content (AvgIpc) is 2.63. The van der Waals surface area contributed by atoms with E-state index in [0.717, 1.165) is 28.7 Å². The second kappa shape index (κ2) is 8.47. The Hall–Kier alpha value is -2.38. The fourth-order valence-corrected chi connectivity index (χ4v) is 3.15. The molecule has 1 nitrogen and oxygen atoms in total. The van der Waals surface area contributed by atoms with E-state index >= 15 is 0 Å². The molecule has 1 heteroatoms. The van der Waals surface area contributed by atoms with Crippen molar-refractivity contribution in [3.8, 4) is 0 Å². The summed E-state index contributed by atoms with van der Waals surface area (Å²) in [5.41, 5.74) is 3.98. The molecule has 0 bridgehead atoms. The molecule has 0 aliphatic rings. The van der Waals surface area contributed by atoms with Crippen molar-refractivity contribution in [3.05, 3.63) is 97.6 Å². The number of hydrogen-bond acceptors (Lipinski definition) is 1. The Bertz CT molecular complexity index is 629. The lowest BCUT2D eigenvalue weighted by molar-refractivity contribution is 0.136. The molecule has 0 spiro atoms. The molecule has 124 valence electrons. The van der Waals surface area contributed by atoms with Gasteiger partial charge in [-0.2, -0.15) is 0 Å². The lowest BCUT2D eigenvalue weighted by atomic mass is 9.73. The van der Waals surface area contributed by atoms with Gasteiger partial charge in [0.2, 0.25) is 0 Å². The van der Waals surface area contributed by atoms with Crippen LogP contribution >= 0.6 is 0 Å². The van der Waals surface area contributed by atoms with Crippen LogP contribution in [-0.2, 0) is 0 Å². The van der Waals surface area contributed by atoms with Crippen molar-refractivity contribution < 1.29 is 5.11 Å². The van der Waals surface area contributed by atoms with Crippen molar-refractivity contribution in [1.82, 2.24) is 0 Å². The van der Waals surface area contributed by atoms with Crippen LogP contribution in [0.1, 0.15) is 30.4 Å². The highest BCUT2D eigenvalue weighted by Crippen LogP contribution is 2.41. The Morgan fingerprint density at radius 3 is 1.58 bits per heavy atom. The maximum absolute atomic E-state index is 10.2. The molecular formula is C23H26O. The third-order valence-corrected chi connectivity index (χ3v) is 4.45. The minimum Gasteiger partial charge on any atom is -0.396 e. The summed E-state index contributed by atoms with van der Waals surface area (Å²) in [4.78, 5) is 0. The molecule has 2 aromatic carbocycles. The maximum atomic E-state index is 10.2. The van der Waals surface area contributed by atoms with Gasteiger partial charge in [0.25, 0.3) is 0 Å². The molecule has 0 radical (unpaired) electrons. The van der Waals surface area contributed by atoms with Crippen molar-refractivity contribution in [1.29, 1.82) is 0 Å². The molecule has 0 fully saturated rings. The first kappa shape index (κ1) is 18.0. The van der Waals surface area contributed by atoms with Crippen LogP contribution in [0.2, 0.25) is 0 Å². The molecular weight excluding hydrogens is 292 g/mol. The molecule has 0 amide bonds. The summed E-state index contributed by atoms with van der Waals surface area (Å²) in [6.07, 6.45) is 4.03. The average molecular weight is 318 g/mol. The number of rotatable bonds is 9. The minimum atomic E-state index is -0.318. The SMILES string of the molecule is C=CCC(CO)(CC(=C)c1ccccc1)CC(=C)c1ccccc1. The van der Waals surface area contributed by atoms with Crippen LogP contribution in [0, 0.1) is 5.41 Å². The zero-order chi connectivity index (χ0) is 17.4. The lowest BCUT2D eigenvalue weighted by Crippen LogP contribution is -2.26. The van der Waals surface area contributed by atoms with Gasteiger partial charge >= 0.3 is 0 Å². The summed E-state index contributed by atoms with van der Waals surface area (Å²) in [7, 11) is 0.